The van der Waals surface area contributed by atoms with Gasteiger partial charge in [0.2, 0.25) is 0 Å². The summed E-state index contributed by atoms with van der Waals surface area (Å²) < 4.78 is 2.57. The van der Waals surface area contributed by atoms with Gasteiger partial charge >= 0.3 is 5.69 Å². The van der Waals surface area contributed by atoms with E-state index in [1.165, 1.54) is 9.25 Å². The smallest absolute Gasteiger partial charge is 0.267 e. The Morgan fingerprint density at radius 3 is 1.97 bits per heavy atom. The number of hydrogen-bond acceptors (Lipinski definition) is 3. The van der Waals surface area contributed by atoms with Crippen LogP contribution in [0.1, 0.15) is 11.1 Å². The van der Waals surface area contributed by atoms with E-state index in [2.05, 4.69) is 5.10 Å². The first-order chi connectivity index (χ1) is 14.1. The normalized spacial score (nSPS) is 10.8. The summed E-state index contributed by atoms with van der Waals surface area (Å²) >= 11 is 5.95. The molecule has 4 rings (SSSR count). The molecule has 0 bridgehead atoms. The predicted octanol–water partition coefficient (Wildman–Crippen LogP) is 3.82. The number of aromatic nitrogens is 3. The molecule has 0 N–H and O–H groups in total. The monoisotopic (exact) mass is 403 g/mol. The Bertz CT molecular complexity index is 1230. The fourth-order valence-corrected chi connectivity index (χ4v) is 3.23. The Morgan fingerprint density at radius 1 is 0.724 bits per heavy atom. The second-order valence-electron chi connectivity index (χ2n) is 6.66. The van der Waals surface area contributed by atoms with Gasteiger partial charge in [-0.25, -0.2) is 9.48 Å². The molecule has 0 atom stereocenters. The van der Waals surface area contributed by atoms with Crippen molar-refractivity contribution in [1.82, 2.24) is 14.3 Å². The van der Waals surface area contributed by atoms with Crippen molar-refractivity contribution in [1.29, 1.82) is 0 Å². The Kier molecular flexibility index (Phi) is 5.40. The molecular formula is C23H18ClN3O2. The lowest BCUT2D eigenvalue weighted by Gasteiger charge is -2.12. The second-order valence-corrected chi connectivity index (χ2v) is 7.09. The summed E-state index contributed by atoms with van der Waals surface area (Å²) in [5, 5.41) is 5.00. The van der Waals surface area contributed by atoms with Gasteiger partial charge in [0.15, 0.2) is 5.69 Å². The third-order valence-electron chi connectivity index (χ3n) is 4.60. The minimum Gasteiger partial charge on any atom is -0.267 e. The molecule has 1 heterocycles. The van der Waals surface area contributed by atoms with E-state index in [0.29, 0.717) is 10.6 Å². The quantitative estimate of drug-likeness (QED) is 0.509. The molecule has 29 heavy (non-hydrogen) atoms. The highest BCUT2D eigenvalue weighted by molar-refractivity contribution is 6.30. The van der Waals surface area contributed by atoms with Crippen LogP contribution in [0.15, 0.2) is 94.5 Å². The molecule has 0 aliphatic carbocycles. The second kappa shape index (κ2) is 8.29. The lowest BCUT2D eigenvalue weighted by molar-refractivity contribution is 0.546. The highest BCUT2D eigenvalue weighted by Crippen LogP contribution is 2.13. The van der Waals surface area contributed by atoms with Gasteiger partial charge in [-0.15, -0.1) is 0 Å². The maximum atomic E-state index is 13.1. The van der Waals surface area contributed by atoms with Crippen molar-refractivity contribution >= 4 is 11.6 Å². The van der Waals surface area contributed by atoms with Crippen molar-refractivity contribution in [2.24, 2.45) is 0 Å². The van der Waals surface area contributed by atoms with Crippen molar-refractivity contribution < 1.29 is 0 Å². The van der Waals surface area contributed by atoms with Gasteiger partial charge in [-0.1, -0.05) is 84.4 Å². The summed E-state index contributed by atoms with van der Waals surface area (Å²) in [5.74, 6) is 0. The molecule has 6 heteroatoms. The van der Waals surface area contributed by atoms with Gasteiger partial charge in [-0.3, -0.25) is 9.36 Å². The van der Waals surface area contributed by atoms with Crippen LogP contribution in [0, 0.1) is 0 Å². The zero-order valence-corrected chi connectivity index (χ0v) is 16.3. The summed E-state index contributed by atoms with van der Waals surface area (Å²) in [7, 11) is 0. The molecule has 144 valence electrons. The first-order valence-electron chi connectivity index (χ1n) is 9.17. The molecule has 0 amide bonds. The van der Waals surface area contributed by atoms with Crippen LogP contribution in [0.2, 0.25) is 5.02 Å². The molecule has 1 aromatic heterocycles. The fourth-order valence-electron chi connectivity index (χ4n) is 3.11. The van der Waals surface area contributed by atoms with E-state index < -0.39 is 11.2 Å². The van der Waals surface area contributed by atoms with Crippen molar-refractivity contribution in [3.63, 3.8) is 0 Å². The van der Waals surface area contributed by atoms with E-state index in [1.807, 2.05) is 60.7 Å². The molecule has 0 aliphatic rings. The number of rotatable bonds is 5. The SMILES string of the molecule is O=c1c(-c2ccccc2)nn(Cc2ccccc2)c(=O)n1Cc1ccc(Cl)cc1. The molecular weight excluding hydrogens is 386 g/mol. The van der Waals surface area contributed by atoms with Crippen molar-refractivity contribution in [3.05, 3.63) is 122 Å². The standard InChI is InChI=1S/C23H18ClN3O2/c24-20-13-11-18(12-14-20)15-26-22(28)21(19-9-5-2-6-10-19)25-27(23(26)29)16-17-7-3-1-4-8-17/h1-14H,15-16H2. The number of hydrogen-bond donors (Lipinski definition) is 0. The lowest BCUT2D eigenvalue weighted by Crippen LogP contribution is -2.42. The molecule has 0 radical (unpaired) electrons. The van der Waals surface area contributed by atoms with E-state index in [-0.39, 0.29) is 18.8 Å². The summed E-state index contributed by atoms with van der Waals surface area (Å²) in [5.41, 5.74) is 1.79. The van der Waals surface area contributed by atoms with Gasteiger partial charge in [-0.05, 0) is 23.3 Å². The van der Waals surface area contributed by atoms with Gasteiger partial charge in [-0.2, -0.15) is 5.10 Å². The molecule has 0 saturated heterocycles. The summed E-state index contributed by atoms with van der Waals surface area (Å²) in [4.78, 5) is 26.2. The van der Waals surface area contributed by atoms with Crippen molar-refractivity contribution in [2.45, 2.75) is 13.1 Å². The summed E-state index contributed by atoms with van der Waals surface area (Å²) in [6.45, 7) is 0.423. The van der Waals surface area contributed by atoms with Crippen LogP contribution in [0.25, 0.3) is 11.3 Å². The fraction of sp³-hybridized carbons (Fsp3) is 0.0870. The maximum Gasteiger partial charge on any atom is 0.348 e. The predicted molar refractivity (Wildman–Crippen MR) is 114 cm³/mol. The van der Waals surface area contributed by atoms with Crippen LogP contribution >= 0.6 is 11.6 Å². The van der Waals surface area contributed by atoms with E-state index in [9.17, 15) is 9.59 Å². The minimum absolute atomic E-state index is 0.145. The Labute approximate surface area is 172 Å². The number of halogens is 1. The number of nitrogens with zero attached hydrogens (tertiary/aromatic N) is 3. The molecule has 0 saturated carbocycles. The Morgan fingerprint density at radius 2 is 1.31 bits per heavy atom. The van der Waals surface area contributed by atoms with Gasteiger partial charge in [0, 0.05) is 10.6 Å². The molecule has 0 aliphatic heterocycles. The first kappa shape index (κ1) is 18.9. The van der Waals surface area contributed by atoms with Crippen LogP contribution in [0.4, 0.5) is 0 Å². The van der Waals surface area contributed by atoms with E-state index >= 15 is 0 Å². The van der Waals surface area contributed by atoms with Gasteiger partial charge in [0.25, 0.3) is 5.56 Å². The molecule has 5 nitrogen and oxygen atoms in total. The molecule has 0 fully saturated rings. The topological polar surface area (TPSA) is 56.9 Å². The zero-order chi connectivity index (χ0) is 20.2. The van der Waals surface area contributed by atoms with Crippen LogP contribution in [-0.2, 0) is 13.1 Å². The largest absolute Gasteiger partial charge is 0.348 e. The number of benzene rings is 3. The Balaban J connectivity index is 1.86. The van der Waals surface area contributed by atoms with E-state index in [4.69, 9.17) is 11.6 Å². The summed E-state index contributed by atoms with van der Waals surface area (Å²) in [6.07, 6.45) is 0. The van der Waals surface area contributed by atoms with E-state index in [0.717, 1.165) is 11.1 Å². The first-order valence-corrected chi connectivity index (χ1v) is 9.55. The average molecular weight is 404 g/mol. The zero-order valence-electron chi connectivity index (χ0n) is 15.5. The van der Waals surface area contributed by atoms with Crippen LogP contribution < -0.4 is 11.2 Å². The Hall–Kier alpha value is -3.44. The molecule has 0 spiro atoms. The molecule has 3 aromatic carbocycles. The molecule has 4 aromatic rings. The van der Waals surface area contributed by atoms with E-state index in [1.54, 1.807) is 24.3 Å². The van der Waals surface area contributed by atoms with Gasteiger partial charge in [0.1, 0.15) is 0 Å². The average Bonchev–Trinajstić information content (AvgIpc) is 2.76. The van der Waals surface area contributed by atoms with Crippen molar-refractivity contribution in [3.8, 4) is 11.3 Å². The third kappa shape index (κ3) is 4.20. The molecule has 0 unspecified atom stereocenters. The van der Waals surface area contributed by atoms with Crippen LogP contribution in [-0.4, -0.2) is 14.3 Å². The van der Waals surface area contributed by atoms with Crippen molar-refractivity contribution in [2.75, 3.05) is 0 Å². The van der Waals surface area contributed by atoms with Crippen LogP contribution in [0.5, 0.6) is 0 Å². The highest BCUT2D eigenvalue weighted by atomic mass is 35.5. The lowest BCUT2D eigenvalue weighted by atomic mass is 10.1. The van der Waals surface area contributed by atoms with Crippen LogP contribution in [0.3, 0.4) is 0 Å². The maximum absolute atomic E-state index is 13.1. The van der Waals surface area contributed by atoms with Gasteiger partial charge in [0.05, 0.1) is 13.1 Å². The van der Waals surface area contributed by atoms with Gasteiger partial charge < -0.3 is 0 Å². The minimum atomic E-state index is -0.450. The summed E-state index contributed by atoms with van der Waals surface area (Å²) in [6, 6.07) is 25.8. The third-order valence-corrected chi connectivity index (χ3v) is 4.85. The highest BCUT2D eigenvalue weighted by Gasteiger charge is 2.15.